The Bertz CT molecular complexity index is 167. The first-order valence-electron chi connectivity index (χ1n) is 2.31. The van der Waals surface area contributed by atoms with Gasteiger partial charge in [0.1, 0.15) is 0 Å². The van der Waals surface area contributed by atoms with Crippen LogP contribution in [0.2, 0.25) is 0 Å². The fraction of sp³-hybridized carbons (Fsp3) is 0.200. The van der Waals surface area contributed by atoms with E-state index in [1.54, 1.807) is 9.09 Å². The van der Waals surface area contributed by atoms with Crippen LogP contribution in [0.15, 0.2) is 18.3 Å². The normalized spacial score (nSPS) is 9.25. The van der Waals surface area contributed by atoms with Crippen molar-refractivity contribution in [2.75, 3.05) is 0 Å². The molecule has 0 N–H and O–H groups in total. The van der Waals surface area contributed by atoms with E-state index >= 15 is 0 Å². The number of aromatic nitrogens is 2. The molecule has 0 spiro atoms. The van der Waals surface area contributed by atoms with Crippen LogP contribution in [0.1, 0.15) is 5.69 Å². The molecule has 0 bridgehead atoms. The quantitative estimate of drug-likeness (QED) is 0.594. The summed E-state index contributed by atoms with van der Waals surface area (Å²) in [6, 6.07) is 3.93. The molecule has 0 radical (unpaired) electrons. The Balaban J connectivity index is 3.13. The predicted octanol–water partition coefficient (Wildman–Crippen LogP) is 0.876. The number of nitrogens with zero attached hydrogens (tertiary/aromatic N) is 2. The number of rotatable bonds is 0. The van der Waals surface area contributed by atoms with Crippen LogP contribution in [-0.2, 0) is 0 Å². The highest BCUT2D eigenvalue weighted by molar-refractivity contribution is 14.1. The fourth-order valence-electron chi connectivity index (χ4n) is 0.432. The zero-order valence-electron chi connectivity index (χ0n) is 4.50. The van der Waals surface area contributed by atoms with Crippen LogP contribution >= 0.6 is 22.9 Å². The Kier molecular flexibility index (Phi) is 1.77. The lowest BCUT2D eigenvalue weighted by Crippen LogP contribution is -2.27. The van der Waals surface area contributed by atoms with Crippen molar-refractivity contribution in [1.29, 1.82) is 0 Å². The minimum absolute atomic E-state index is 1.16. The van der Waals surface area contributed by atoms with Crippen molar-refractivity contribution < 1.29 is 2.90 Å². The highest BCUT2D eigenvalue weighted by Gasteiger charge is 1.98. The maximum atomic E-state index is 3.98. The van der Waals surface area contributed by atoms with Gasteiger partial charge in [-0.2, -0.15) is 0 Å². The van der Waals surface area contributed by atoms with Crippen LogP contribution in [0.25, 0.3) is 0 Å². The van der Waals surface area contributed by atoms with E-state index in [1.165, 1.54) is 0 Å². The fourth-order valence-corrected chi connectivity index (χ4v) is 0.737. The van der Waals surface area contributed by atoms with E-state index in [0.717, 1.165) is 5.69 Å². The third-order valence-corrected chi connectivity index (χ3v) is 1.89. The third kappa shape index (κ3) is 1.15. The maximum absolute atomic E-state index is 3.98. The lowest BCUT2D eigenvalue weighted by atomic mass is 10.4. The van der Waals surface area contributed by atoms with Gasteiger partial charge in [0.15, 0.2) is 0 Å². The second kappa shape index (κ2) is 2.39. The van der Waals surface area contributed by atoms with E-state index in [-0.39, 0.29) is 0 Å². The summed E-state index contributed by atoms with van der Waals surface area (Å²) in [7, 11) is 0. The molecule has 0 saturated heterocycles. The lowest BCUT2D eigenvalue weighted by Gasteiger charge is -1.80. The van der Waals surface area contributed by atoms with Gasteiger partial charge in [-0.05, 0) is 8.96 Å². The Morgan fingerprint density at radius 1 is 1.75 bits per heavy atom. The van der Waals surface area contributed by atoms with Crippen LogP contribution in [0.4, 0.5) is 0 Å². The van der Waals surface area contributed by atoms with Crippen molar-refractivity contribution in [3.8, 4) is 0 Å². The van der Waals surface area contributed by atoms with Crippen molar-refractivity contribution in [3.63, 3.8) is 0 Å². The smallest absolute Gasteiger partial charge is 0.0315 e. The highest BCUT2D eigenvalue weighted by Crippen LogP contribution is 1.85. The molecule has 0 aliphatic rings. The van der Waals surface area contributed by atoms with Crippen molar-refractivity contribution in [2.24, 2.45) is 0 Å². The largest absolute Gasteiger partial charge is 0.384 e. The Hall–Kier alpha value is -0.190. The molecule has 8 heavy (non-hydrogen) atoms. The summed E-state index contributed by atoms with van der Waals surface area (Å²) in [5.74, 6) is 0. The average Bonchev–Trinajstić information content (AvgIpc) is 1.77. The van der Waals surface area contributed by atoms with Crippen molar-refractivity contribution in [3.05, 3.63) is 24.0 Å². The molecule has 42 valence electrons. The molecular formula is C5H6IN2+. The molecule has 0 unspecified atom stereocenters. The first-order chi connectivity index (χ1) is 3.80. The molecule has 0 aliphatic carbocycles. The summed E-state index contributed by atoms with van der Waals surface area (Å²) in [5.41, 5.74) is 1.16. The van der Waals surface area contributed by atoms with Gasteiger partial charge < -0.3 is 0 Å². The van der Waals surface area contributed by atoms with Crippen molar-refractivity contribution in [2.45, 2.75) is 6.92 Å². The summed E-state index contributed by atoms with van der Waals surface area (Å²) in [4.78, 5) is 0. The minimum atomic E-state index is 1.16. The number of halogens is 1. The summed E-state index contributed by atoms with van der Waals surface area (Å²) in [6.45, 7) is 2.01. The summed E-state index contributed by atoms with van der Waals surface area (Å²) < 4.78 is 1.80. The van der Waals surface area contributed by atoms with Crippen LogP contribution in [0, 0.1) is 6.92 Å². The standard InChI is InChI=1S/C5H6IN2/c1-5-3-2-4-7-8(5)6/h2-4H,1H3/q+1. The molecule has 1 rings (SSSR count). The van der Waals surface area contributed by atoms with Gasteiger partial charge in [0.2, 0.25) is 5.69 Å². The van der Waals surface area contributed by atoms with E-state index in [0.29, 0.717) is 0 Å². The summed E-state index contributed by atoms with van der Waals surface area (Å²) in [5, 5.41) is 3.98. The minimum Gasteiger partial charge on any atom is -0.0315 e. The van der Waals surface area contributed by atoms with Gasteiger partial charge in [-0.3, -0.25) is 0 Å². The monoisotopic (exact) mass is 221 g/mol. The first-order valence-corrected chi connectivity index (χ1v) is 3.27. The molecule has 1 aromatic heterocycles. The average molecular weight is 221 g/mol. The number of aryl methyl sites for hydroxylation is 1. The molecule has 0 fully saturated rings. The molecule has 0 atom stereocenters. The van der Waals surface area contributed by atoms with Crippen molar-refractivity contribution >= 4 is 22.9 Å². The van der Waals surface area contributed by atoms with Crippen molar-refractivity contribution in [1.82, 2.24) is 5.10 Å². The van der Waals surface area contributed by atoms with Crippen LogP contribution in [0.3, 0.4) is 0 Å². The zero-order chi connectivity index (χ0) is 5.98. The Morgan fingerprint density at radius 2 is 2.50 bits per heavy atom. The van der Waals surface area contributed by atoms with Gasteiger partial charge >= 0.3 is 22.9 Å². The topological polar surface area (TPSA) is 16.8 Å². The molecule has 0 aliphatic heterocycles. The van der Waals surface area contributed by atoms with Crippen LogP contribution < -0.4 is 2.90 Å². The third-order valence-electron chi connectivity index (χ3n) is 0.883. The van der Waals surface area contributed by atoms with Crippen LogP contribution in [0.5, 0.6) is 0 Å². The maximum Gasteiger partial charge on any atom is 0.384 e. The molecular weight excluding hydrogens is 215 g/mol. The van der Waals surface area contributed by atoms with Gasteiger partial charge in [0.25, 0.3) is 0 Å². The Labute approximate surface area is 62.0 Å². The highest BCUT2D eigenvalue weighted by atomic mass is 127. The van der Waals surface area contributed by atoms with E-state index in [1.807, 2.05) is 19.1 Å². The number of hydrogen-bond acceptors (Lipinski definition) is 1. The summed E-state index contributed by atoms with van der Waals surface area (Å²) >= 11 is 2.13. The van der Waals surface area contributed by atoms with E-state index < -0.39 is 0 Å². The molecule has 0 saturated carbocycles. The van der Waals surface area contributed by atoms with E-state index in [9.17, 15) is 0 Å². The van der Waals surface area contributed by atoms with Gasteiger partial charge in [-0.25, -0.2) is 0 Å². The molecule has 1 aromatic rings. The molecule has 1 heterocycles. The lowest BCUT2D eigenvalue weighted by molar-refractivity contribution is -0.521. The van der Waals surface area contributed by atoms with Gasteiger partial charge in [-0.1, -0.05) is 0 Å². The van der Waals surface area contributed by atoms with E-state index in [4.69, 9.17) is 0 Å². The SMILES string of the molecule is Cc1cccn[n+]1I. The van der Waals surface area contributed by atoms with Gasteiger partial charge in [-0.15, -0.1) is 0 Å². The zero-order valence-corrected chi connectivity index (χ0v) is 6.66. The van der Waals surface area contributed by atoms with Gasteiger partial charge in [0, 0.05) is 18.1 Å². The second-order valence-electron chi connectivity index (χ2n) is 1.53. The van der Waals surface area contributed by atoms with Gasteiger partial charge in [0.05, 0.1) is 6.20 Å². The molecule has 3 heteroatoms. The second-order valence-corrected chi connectivity index (χ2v) is 2.44. The summed E-state index contributed by atoms with van der Waals surface area (Å²) in [6.07, 6.45) is 1.76. The van der Waals surface area contributed by atoms with Crippen LogP contribution in [-0.4, -0.2) is 5.10 Å². The molecule has 2 nitrogen and oxygen atoms in total. The van der Waals surface area contributed by atoms with E-state index in [2.05, 4.69) is 28.0 Å². The Morgan fingerprint density at radius 3 is 2.88 bits per heavy atom. The predicted molar refractivity (Wildman–Crippen MR) is 38.6 cm³/mol. The molecule has 0 amide bonds. The first kappa shape index (κ1) is 5.94. The molecule has 0 aromatic carbocycles. The number of hydrogen-bond donors (Lipinski definition) is 0.